The van der Waals surface area contributed by atoms with Crippen LogP contribution in [0.15, 0.2) is 72.8 Å². The van der Waals surface area contributed by atoms with E-state index < -0.39 is 0 Å². The molecule has 5 rings (SSSR count). The molecular weight excluding hydrogens is 438 g/mol. The van der Waals surface area contributed by atoms with Crippen LogP contribution in [0.2, 0.25) is 5.02 Å². The standard InChI is InChI=1S/C26H24ClN3O3/c1-32-22-6-4-5-20(16-22)30-17-18(15-25(30)31)26-28-23-7-2-3-8-24(23)29(26)13-14-33-21-11-9-19(27)10-12-21/h2-12,16,18H,13-15,17H2,1H3/t18-/m0/s1. The lowest BCUT2D eigenvalue weighted by Crippen LogP contribution is -2.24. The summed E-state index contributed by atoms with van der Waals surface area (Å²) in [6.07, 6.45) is 0.415. The van der Waals surface area contributed by atoms with Crippen LogP contribution < -0.4 is 14.4 Å². The third-order valence-electron chi connectivity index (χ3n) is 5.94. The van der Waals surface area contributed by atoms with Crippen LogP contribution in [0.5, 0.6) is 11.5 Å². The van der Waals surface area contributed by atoms with Crippen molar-refractivity contribution in [1.29, 1.82) is 0 Å². The first-order chi connectivity index (χ1) is 16.1. The fourth-order valence-corrected chi connectivity index (χ4v) is 4.46. The molecule has 4 aromatic rings. The monoisotopic (exact) mass is 461 g/mol. The average Bonchev–Trinajstić information content (AvgIpc) is 3.41. The number of amides is 1. The molecule has 1 atom stereocenters. The van der Waals surface area contributed by atoms with Crippen molar-refractivity contribution >= 4 is 34.2 Å². The van der Waals surface area contributed by atoms with Gasteiger partial charge in [0.05, 0.1) is 24.7 Å². The maximum atomic E-state index is 12.9. The second-order valence-electron chi connectivity index (χ2n) is 8.02. The highest BCUT2D eigenvalue weighted by atomic mass is 35.5. The molecular formula is C26H24ClN3O3. The lowest BCUT2D eigenvalue weighted by atomic mass is 10.1. The topological polar surface area (TPSA) is 56.6 Å². The first kappa shape index (κ1) is 21.3. The summed E-state index contributed by atoms with van der Waals surface area (Å²) in [6, 6.07) is 23.0. The van der Waals surface area contributed by atoms with Gasteiger partial charge in [-0.05, 0) is 48.5 Å². The van der Waals surface area contributed by atoms with Crippen molar-refractivity contribution < 1.29 is 14.3 Å². The first-order valence-electron chi connectivity index (χ1n) is 10.9. The van der Waals surface area contributed by atoms with Crippen molar-refractivity contribution in [1.82, 2.24) is 9.55 Å². The molecule has 168 valence electrons. The highest BCUT2D eigenvalue weighted by molar-refractivity contribution is 6.30. The van der Waals surface area contributed by atoms with Gasteiger partial charge in [0.15, 0.2) is 0 Å². The van der Waals surface area contributed by atoms with Crippen LogP contribution in [-0.4, -0.2) is 35.7 Å². The van der Waals surface area contributed by atoms with Crippen molar-refractivity contribution in [2.24, 2.45) is 0 Å². The van der Waals surface area contributed by atoms with Gasteiger partial charge in [-0.3, -0.25) is 4.79 Å². The largest absolute Gasteiger partial charge is 0.497 e. The van der Waals surface area contributed by atoms with Gasteiger partial charge in [0, 0.05) is 35.7 Å². The minimum atomic E-state index is -0.00775. The maximum Gasteiger partial charge on any atom is 0.227 e. The number of hydrogen-bond donors (Lipinski definition) is 0. The summed E-state index contributed by atoms with van der Waals surface area (Å²) in [6.45, 7) is 1.69. The molecule has 3 aromatic carbocycles. The summed E-state index contributed by atoms with van der Waals surface area (Å²) in [5.41, 5.74) is 2.81. The quantitative estimate of drug-likeness (QED) is 0.375. The van der Waals surface area contributed by atoms with Gasteiger partial charge in [-0.15, -0.1) is 0 Å². The summed E-state index contributed by atoms with van der Waals surface area (Å²) < 4.78 is 13.5. The van der Waals surface area contributed by atoms with Gasteiger partial charge >= 0.3 is 0 Å². The minimum absolute atomic E-state index is 0.00775. The third kappa shape index (κ3) is 4.39. The maximum absolute atomic E-state index is 12.9. The lowest BCUT2D eigenvalue weighted by molar-refractivity contribution is -0.117. The molecule has 6 nitrogen and oxygen atoms in total. The number of ether oxygens (including phenoxy) is 2. The normalized spacial score (nSPS) is 15.9. The minimum Gasteiger partial charge on any atom is -0.497 e. The number of aromatic nitrogens is 2. The number of hydrogen-bond acceptors (Lipinski definition) is 4. The molecule has 0 spiro atoms. The Morgan fingerprint density at radius 2 is 1.85 bits per heavy atom. The molecule has 0 saturated carbocycles. The predicted octanol–water partition coefficient (Wildman–Crippen LogP) is 5.30. The van der Waals surface area contributed by atoms with Gasteiger partial charge < -0.3 is 18.9 Å². The van der Waals surface area contributed by atoms with Crippen LogP contribution in [0.3, 0.4) is 0 Å². The number of carbonyl (C=O) groups is 1. The average molecular weight is 462 g/mol. The smallest absolute Gasteiger partial charge is 0.227 e. The molecule has 1 fully saturated rings. The molecule has 0 aliphatic carbocycles. The van der Waals surface area contributed by atoms with E-state index in [0.717, 1.165) is 34.0 Å². The Morgan fingerprint density at radius 3 is 2.67 bits per heavy atom. The van der Waals surface area contributed by atoms with Crippen LogP contribution in [0.4, 0.5) is 5.69 Å². The van der Waals surface area contributed by atoms with Crippen molar-refractivity contribution in [3.63, 3.8) is 0 Å². The highest BCUT2D eigenvalue weighted by Gasteiger charge is 2.35. The third-order valence-corrected chi connectivity index (χ3v) is 6.19. The number of anilines is 1. The molecule has 33 heavy (non-hydrogen) atoms. The van der Waals surface area contributed by atoms with Gasteiger partial charge in [-0.25, -0.2) is 4.98 Å². The summed E-state index contributed by atoms with van der Waals surface area (Å²) in [4.78, 5) is 19.7. The Balaban J connectivity index is 1.39. The van der Waals surface area contributed by atoms with E-state index in [-0.39, 0.29) is 11.8 Å². The van der Waals surface area contributed by atoms with Gasteiger partial charge in [0.2, 0.25) is 5.91 Å². The second-order valence-corrected chi connectivity index (χ2v) is 8.46. The van der Waals surface area contributed by atoms with Crippen molar-refractivity contribution in [2.45, 2.75) is 18.9 Å². The first-order valence-corrected chi connectivity index (χ1v) is 11.3. The Morgan fingerprint density at radius 1 is 1.03 bits per heavy atom. The number of para-hydroxylation sites is 2. The number of benzene rings is 3. The Bertz CT molecular complexity index is 1290. The van der Waals surface area contributed by atoms with E-state index in [1.54, 1.807) is 7.11 Å². The molecule has 1 saturated heterocycles. The zero-order chi connectivity index (χ0) is 22.8. The van der Waals surface area contributed by atoms with Crippen LogP contribution in [0.1, 0.15) is 18.2 Å². The molecule has 1 amide bonds. The molecule has 7 heteroatoms. The fourth-order valence-electron chi connectivity index (χ4n) is 4.33. The second kappa shape index (κ2) is 9.16. The Labute approximate surface area is 197 Å². The zero-order valence-electron chi connectivity index (χ0n) is 18.3. The zero-order valence-corrected chi connectivity index (χ0v) is 19.0. The van der Waals surface area contributed by atoms with Gasteiger partial charge in [-0.1, -0.05) is 29.8 Å². The van der Waals surface area contributed by atoms with Gasteiger partial charge in [0.1, 0.15) is 23.9 Å². The number of imidazole rings is 1. The fraction of sp³-hybridized carbons (Fsp3) is 0.231. The number of carbonyl (C=O) groups excluding carboxylic acids is 1. The number of nitrogens with zero attached hydrogens (tertiary/aromatic N) is 3. The number of rotatable bonds is 7. The summed E-state index contributed by atoms with van der Waals surface area (Å²) >= 11 is 5.96. The molecule has 2 heterocycles. The Hall–Kier alpha value is -3.51. The van der Waals surface area contributed by atoms with Gasteiger partial charge in [-0.2, -0.15) is 0 Å². The number of methoxy groups -OCH3 is 1. The predicted molar refractivity (Wildman–Crippen MR) is 129 cm³/mol. The summed E-state index contributed by atoms with van der Waals surface area (Å²) in [5.74, 6) is 2.49. The van der Waals surface area contributed by atoms with Crippen LogP contribution in [0.25, 0.3) is 11.0 Å². The highest BCUT2D eigenvalue weighted by Crippen LogP contribution is 2.34. The SMILES string of the molecule is COc1cccc(N2C[C@@H](c3nc4ccccc4n3CCOc3ccc(Cl)cc3)CC2=O)c1. The van der Waals surface area contributed by atoms with Crippen LogP contribution in [-0.2, 0) is 11.3 Å². The molecule has 0 radical (unpaired) electrons. The molecule has 0 bridgehead atoms. The molecule has 1 aliphatic heterocycles. The lowest BCUT2D eigenvalue weighted by Gasteiger charge is -2.18. The van der Waals surface area contributed by atoms with E-state index in [4.69, 9.17) is 26.1 Å². The van der Waals surface area contributed by atoms with E-state index in [2.05, 4.69) is 10.6 Å². The van der Waals surface area contributed by atoms with E-state index in [0.29, 0.717) is 31.1 Å². The molecule has 0 unspecified atom stereocenters. The molecule has 1 aliphatic rings. The number of halogens is 1. The van der Waals surface area contributed by atoms with Crippen molar-refractivity contribution in [3.05, 3.63) is 83.6 Å². The summed E-state index contributed by atoms with van der Waals surface area (Å²) in [5, 5.41) is 0.678. The van der Waals surface area contributed by atoms with Crippen molar-refractivity contribution in [2.75, 3.05) is 25.2 Å². The van der Waals surface area contributed by atoms with Crippen molar-refractivity contribution in [3.8, 4) is 11.5 Å². The molecule has 1 aromatic heterocycles. The summed E-state index contributed by atoms with van der Waals surface area (Å²) in [7, 11) is 1.63. The molecule has 0 N–H and O–H groups in total. The Kier molecular flexibility index (Phi) is 5.92. The van der Waals surface area contributed by atoms with E-state index in [1.807, 2.05) is 71.6 Å². The van der Waals surface area contributed by atoms with Crippen LogP contribution >= 0.6 is 11.6 Å². The van der Waals surface area contributed by atoms with Gasteiger partial charge in [0.25, 0.3) is 0 Å². The number of fused-ring (bicyclic) bond motifs is 1. The van der Waals surface area contributed by atoms with E-state index in [9.17, 15) is 4.79 Å². The van der Waals surface area contributed by atoms with E-state index >= 15 is 0 Å². The van der Waals surface area contributed by atoms with E-state index in [1.165, 1.54) is 0 Å². The van der Waals surface area contributed by atoms with Crippen LogP contribution in [0, 0.1) is 0 Å².